The Bertz CT molecular complexity index is 558. The minimum absolute atomic E-state index is 0.560. The van der Waals surface area contributed by atoms with Gasteiger partial charge < -0.3 is 10.3 Å². The third-order valence-corrected chi connectivity index (χ3v) is 5.18. The number of H-pyrrole nitrogens is 1. The highest BCUT2D eigenvalue weighted by atomic mass is 32.2. The molecule has 21 heavy (non-hydrogen) atoms. The zero-order valence-corrected chi connectivity index (χ0v) is 14.4. The van der Waals surface area contributed by atoms with Crippen LogP contribution >= 0.6 is 11.8 Å². The van der Waals surface area contributed by atoms with Crippen molar-refractivity contribution in [1.29, 1.82) is 0 Å². The summed E-state index contributed by atoms with van der Waals surface area (Å²) in [4.78, 5) is 8.19. The molecule has 0 aliphatic heterocycles. The van der Waals surface area contributed by atoms with Gasteiger partial charge in [0.15, 0.2) is 5.16 Å². The Morgan fingerprint density at radius 2 is 2.10 bits per heavy atom. The van der Waals surface area contributed by atoms with Gasteiger partial charge >= 0.3 is 0 Å². The predicted octanol–water partition coefficient (Wildman–Crippen LogP) is 4.52. The fourth-order valence-corrected chi connectivity index (χ4v) is 3.91. The van der Waals surface area contributed by atoms with Gasteiger partial charge in [-0.05, 0) is 44.0 Å². The smallest absolute Gasteiger partial charge is 0.166 e. The number of hydrogen-bond acceptors (Lipinski definition) is 3. The summed E-state index contributed by atoms with van der Waals surface area (Å²) in [5, 5.41) is 5.24. The molecule has 0 radical (unpaired) electrons. The molecule has 4 heteroatoms. The summed E-state index contributed by atoms with van der Waals surface area (Å²) in [7, 11) is 0. The Morgan fingerprint density at radius 3 is 2.76 bits per heavy atom. The second-order valence-corrected chi connectivity index (χ2v) is 6.81. The number of benzene rings is 1. The molecule has 2 atom stereocenters. The van der Waals surface area contributed by atoms with Crippen molar-refractivity contribution in [2.24, 2.45) is 0 Å². The molecule has 116 valence electrons. The van der Waals surface area contributed by atoms with Crippen molar-refractivity contribution >= 4 is 22.8 Å². The van der Waals surface area contributed by atoms with Gasteiger partial charge in [-0.15, -0.1) is 0 Å². The molecule has 1 aromatic heterocycles. The van der Waals surface area contributed by atoms with E-state index in [1.165, 1.54) is 18.4 Å². The predicted molar refractivity (Wildman–Crippen MR) is 93.1 cm³/mol. The van der Waals surface area contributed by atoms with Crippen LogP contribution in [0.4, 0.5) is 0 Å². The first-order chi connectivity index (χ1) is 10.2. The Labute approximate surface area is 132 Å². The van der Waals surface area contributed by atoms with E-state index < -0.39 is 0 Å². The van der Waals surface area contributed by atoms with E-state index in [0.717, 1.165) is 29.2 Å². The topological polar surface area (TPSA) is 40.7 Å². The molecule has 1 aromatic carbocycles. The molecule has 0 aliphatic rings. The maximum absolute atomic E-state index is 4.72. The molecular weight excluding hydrogens is 278 g/mol. The van der Waals surface area contributed by atoms with E-state index in [0.29, 0.717) is 11.3 Å². The Kier molecular flexibility index (Phi) is 6.12. The van der Waals surface area contributed by atoms with Gasteiger partial charge in [-0.25, -0.2) is 4.98 Å². The molecule has 0 amide bonds. The third kappa shape index (κ3) is 4.24. The molecule has 2 aromatic rings. The van der Waals surface area contributed by atoms with Gasteiger partial charge in [0.1, 0.15) is 0 Å². The number of fused-ring (bicyclic) bond motifs is 1. The number of aryl methyl sites for hydroxylation is 1. The van der Waals surface area contributed by atoms with Crippen LogP contribution in [0.1, 0.15) is 45.6 Å². The van der Waals surface area contributed by atoms with Crippen LogP contribution in [0.5, 0.6) is 0 Å². The van der Waals surface area contributed by atoms with Crippen LogP contribution in [0.2, 0.25) is 0 Å². The summed E-state index contributed by atoms with van der Waals surface area (Å²) in [6, 6.07) is 6.94. The normalized spacial score (nSPS) is 14.5. The molecule has 2 N–H and O–H groups in total. The lowest BCUT2D eigenvalue weighted by molar-refractivity contribution is 0.465. The lowest BCUT2D eigenvalue weighted by atomic mass is 10.1. The van der Waals surface area contributed by atoms with Gasteiger partial charge in [0.05, 0.1) is 11.0 Å². The fraction of sp³-hybridized carbons (Fsp3) is 0.588. The Morgan fingerprint density at radius 1 is 1.29 bits per heavy atom. The van der Waals surface area contributed by atoms with Crippen molar-refractivity contribution in [3.05, 3.63) is 23.8 Å². The average molecular weight is 305 g/mol. The molecule has 2 rings (SSSR count). The molecule has 1 heterocycles. The van der Waals surface area contributed by atoms with Gasteiger partial charge in [0, 0.05) is 11.3 Å². The van der Waals surface area contributed by atoms with Crippen LogP contribution in [-0.2, 0) is 0 Å². The minimum Gasteiger partial charge on any atom is -0.333 e. The van der Waals surface area contributed by atoms with E-state index in [1.54, 1.807) is 0 Å². The summed E-state index contributed by atoms with van der Waals surface area (Å²) in [5.41, 5.74) is 3.47. The summed E-state index contributed by atoms with van der Waals surface area (Å²) >= 11 is 1.88. The maximum atomic E-state index is 4.72. The standard InChI is InChI=1S/C17H27N3S/c1-5-8-14(18-7-3)16(6-2)21-17-19-13-10-9-12(4)11-15(13)20-17/h9-11,14,16,18H,5-8H2,1-4H3,(H,19,20). The van der Waals surface area contributed by atoms with Gasteiger partial charge in [-0.1, -0.05) is 45.0 Å². The number of hydrogen-bond donors (Lipinski definition) is 2. The molecule has 3 nitrogen and oxygen atoms in total. The molecule has 0 saturated carbocycles. The van der Waals surface area contributed by atoms with E-state index in [2.05, 4.69) is 56.2 Å². The zero-order valence-electron chi connectivity index (χ0n) is 13.6. The average Bonchev–Trinajstić information content (AvgIpc) is 2.86. The van der Waals surface area contributed by atoms with Crippen LogP contribution in [0, 0.1) is 6.92 Å². The van der Waals surface area contributed by atoms with E-state index in [4.69, 9.17) is 4.98 Å². The quantitative estimate of drug-likeness (QED) is 0.704. The summed E-state index contributed by atoms with van der Waals surface area (Å²) in [5.74, 6) is 0. The minimum atomic E-state index is 0.560. The second-order valence-electron chi connectivity index (χ2n) is 5.58. The van der Waals surface area contributed by atoms with Crippen LogP contribution in [0.15, 0.2) is 23.4 Å². The Balaban J connectivity index is 2.14. The first kappa shape index (κ1) is 16.4. The van der Waals surface area contributed by atoms with Crippen LogP contribution < -0.4 is 5.32 Å². The molecule has 0 saturated heterocycles. The van der Waals surface area contributed by atoms with Crippen molar-refractivity contribution < 1.29 is 0 Å². The largest absolute Gasteiger partial charge is 0.333 e. The SMILES string of the molecule is CCCC(NCC)C(CC)Sc1nc2ccc(C)cc2[nH]1. The number of thioether (sulfide) groups is 1. The highest BCUT2D eigenvalue weighted by molar-refractivity contribution is 7.99. The highest BCUT2D eigenvalue weighted by Gasteiger charge is 2.21. The first-order valence-corrected chi connectivity index (χ1v) is 8.92. The van der Waals surface area contributed by atoms with Gasteiger partial charge in [0.2, 0.25) is 0 Å². The summed E-state index contributed by atoms with van der Waals surface area (Å²) < 4.78 is 0. The molecule has 0 aliphatic carbocycles. The number of nitrogens with zero attached hydrogens (tertiary/aromatic N) is 1. The van der Waals surface area contributed by atoms with E-state index in [-0.39, 0.29) is 0 Å². The number of rotatable bonds is 8. The van der Waals surface area contributed by atoms with E-state index >= 15 is 0 Å². The lowest BCUT2D eigenvalue weighted by Crippen LogP contribution is -2.37. The number of aromatic nitrogens is 2. The Hall–Kier alpha value is -1.00. The fourth-order valence-electron chi connectivity index (χ4n) is 2.74. The van der Waals surface area contributed by atoms with Crippen molar-refractivity contribution in [2.45, 2.75) is 63.4 Å². The zero-order chi connectivity index (χ0) is 15.2. The van der Waals surface area contributed by atoms with Crippen molar-refractivity contribution in [3.8, 4) is 0 Å². The lowest BCUT2D eigenvalue weighted by Gasteiger charge is -2.25. The third-order valence-electron chi connectivity index (χ3n) is 3.80. The summed E-state index contributed by atoms with van der Waals surface area (Å²) in [6.45, 7) is 9.85. The number of aromatic amines is 1. The summed E-state index contributed by atoms with van der Waals surface area (Å²) in [6.07, 6.45) is 3.59. The monoisotopic (exact) mass is 305 g/mol. The van der Waals surface area contributed by atoms with E-state index in [1.807, 2.05) is 11.8 Å². The maximum Gasteiger partial charge on any atom is 0.166 e. The second kappa shape index (κ2) is 7.85. The highest BCUT2D eigenvalue weighted by Crippen LogP contribution is 2.29. The van der Waals surface area contributed by atoms with Crippen LogP contribution in [-0.4, -0.2) is 27.8 Å². The van der Waals surface area contributed by atoms with Gasteiger partial charge in [0.25, 0.3) is 0 Å². The van der Waals surface area contributed by atoms with Crippen molar-refractivity contribution in [3.63, 3.8) is 0 Å². The van der Waals surface area contributed by atoms with Gasteiger partial charge in [-0.2, -0.15) is 0 Å². The number of nitrogens with one attached hydrogen (secondary N) is 2. The van der Waals surface area contributed by atoms with Crippen LogP contribution in [0.3, 0.4) is 0 Å². The molecule has 0 fully saturated rings. The van der Waals surface area contributed by atoms with Crippen LogP contribution in [0.25, 0.3) is 11.0 Å². The molecule has 2 unspecified atom stereocenters. The van der Waals surface area contributed by atoms with Crippen molar-refractivity contribution in [2.75, 3.05) is 6.54 Å². The van der Waals surface area contributed by atoms with E-state index in [9.17, 15) is 0 Å². The van der Waals surface area contributed by atoms with Crippen molar-refractivity contribution in [1.82, 2.24) is 15.3 Å². The van der Waals surface area contributed by atoms with Gasteiger partial charge in [-0.3, -0.25) is 0 Å². The molecule has 0 spiro atoms. The molecular formula is C17H27N3S. The first-order valence-electron chi connectivity index (χ1n) is 8.04. The number of imidazole rings is 1. The molecule has 0 bridgehead atoms.